The maximum atomic E-state index is 12.6. The first-order valence-electron chi connectivity index (χ1n) is 7.39. The van der Waals surface area contributed by atoms with Crippen LogP contribution in [0.4, 0.5) is 18.9 Å². The third-order valence-corrected chi connectivity index (χ3v) is 3.83. The fraction of sp³-hybridized carbons (Fsp3) is 0.167. The van der Waals surface area contributed by atoms with E-state index in [-0.39, 0.29) is 0 Å². The largest absolute Gasteiger partial charge is 0.416 e. The number of nitrogen functional groups attached to an aromatic ring is 1. The van der Waals surface area contributed by atoms with Crippen LogP contribution in [-0.4, -0.2) is 9.78 Å². The van der Waals surface area contributed by atoms with Crippen molar-refractivity contribution >= 4 is 5.69 Å². The summed E-state index contributed by atoms with van der Waals surface area (Å²) >= 11 is 0. The van der Waals surface area contributed by atoms with Crippen molar-refractivity contribution in [1.29, 1.82) is 0 Å². The number of anilines is 1. The van der Waals surface area contributed by atoms with Crippen LogP contribution in [0.25, 0.3) is 11.3 Å². The average molecular weight is 331 g/mol. The van der Waals surface area contributed by atoms with Gasteiger partial charge >= 0.3 is 6.18 Å². The summed E-state index contributed by atoms with van der Waals surface area (Å²) in [6.45, 7) is 2.51. The first kappa shape index (κ1) is 16.1. The summed E-state index contributed by atoms with van der Waals surface area (Å²) in [6, 6.07) is 12.6. The molecule has 1 heterocycles. The molecule has 3 rings (SSSR count). The molecule has 0 aliphatic carbocycles. The van der Waals surface area contributed by atoms with E-state index in [0.29, 0.717) is 17.8 Å². The van der Waals surface area contributed by atoms with Crippen LogP contribution in [0.5, 0.6) is 0 Å². The molecular weight excluding hydrogens is 315 g/mol. The Morgan fingerprint density at radius 2 is 1.75 bits per heavy atom. The number of aryl methyl sites for hydroxylation is 1. The Bertz CT molecular complexity index is 849. The van der Waals surface area contributed by atoms with Crippen molar-refractivity contribution in [1.82, 2.24) is 9.78 Å². The zero-order valence-corrected chi connectivity index (χ0v) is 13.0. The number of rotatable bonds is 3. The Morgan fingerprint density at radius 3 is 2.38 bits per heavy atom. The van der Waals surface area contributed by atoms with E-state index in [2.05, 4.69) is 5.10 Å². The predicted molar refractivity (Wildman–Crippen MR) is 87.4 cm³/mol. The Kier molecular flexibility index (Phi) is 4.05. The molecule has 0 amide bonds. The SMILES string of the molecule is Cc1cc(Cn2ccc(-c3ccc(C(F)(F)F)cc3)n2)ccc1N. The van der Waals surface area contributed by atoms with Gasteiger partial charge in [-0.25, -0.2) is 0 Å². The molecule has 0 fully saturated rings. The van der Waals surface area contributed by atoms with E-state index in [1.54, 1.807) is 16.9 Å². The summed E-state index contributed by atoms with van der Waals surface area (Å²) in [5, 5.41) is 4.42. The molecule has 2 N–H and O–H groups in total. The van der Waals surface area contributed by atoms with Gasteiger partial charge in [0.05, 0.1) is 17.8 Å². The zero-order chi connectivity index (χ0) is 17.3. The van der Waals surface area contributed by atoms with Crippen LogP contribution in [-0.2, 0) is 12.7 Å². The number of alkyl halides is 3. The number of halogens is 3. The fourth-order valence-electron chi connectivity index (χ4n) is 2.46. The summed E-state index contributed by atoms with van der Waals surface area (Å²) in [5.74, 6) is 0. The van der Waals surface area contributed by atoms with Crippen molar-refractivity contribution in [2.75, 3.05) is 5.73 Å². The molecule has 0 unspecified atom stereocenters. The van der Waals surface area contributed by atoms with Crippen molar-refractivity contribution in [2.45, 2.75) is 19.6 Å². The van der Waals surface area contributed by atoms with Gasteiger partial charge in [-0.15, -0.1) is 0 Å². The zero-order valence-electron chi connectivity index (χ0n) is 13.0. The highest BCUT2D eigenvalue weighted by Crippen LogP contribution is 2.30. The molecule has 0 atom stereocenters. The van der Waals surface area contributed by atoms with Crippen LogP contribution in [0.2, 0.25) is 0 Å². The normalized spacial score (nSPS) is 11.7. The monoisotopic (exact) mass is 331 g/mol. The first-order chi connectivity index (χ1) is 11.3. The van der Waals surface area contributed by atoms with Gasteiger partial charge in [0, 0.05) is 17.4 Å². The lowest BCUT2D eigenvalue weighted by molar-refractivity contribution is -0.137. The van der Waals surface area contributed by atoms with Crippen LogP contribution in [0.15, 0.2) is 54.7 Å². The van der Waals surface area contributed by atoms with Crippen LogP contribution < -0.4 is 5.73 Å². The topological polar surface area (TPSA) is 43.8 Å². The summed E-state index contributed by atoms with van der Waals surface area (Å²) in [6.07, 6.45) is -2.52. The van der Waals surface area contributed by atoms with Crippen molar-refractivity contribution < 1.29 is 13.2 Å². The Morgan fingerprint density at radius 1 is 1.04 bits per heavy atom. The van der Waals surface area contributed by atoms with Crippen molar-refractivity contribution in [3.05, 3.63) is 71.4 Å². The third kappa shape index (κ3) is 3.42. The number of hydrogen-bond acceptors (Lipinski definition) is 2. The molecule has 0 saturated carbocycles. The number of hydrogen-bond donors (Lipinski definition) is 1. The molecule has 3 nitrogen and oxygen atoms in total. The van der Waals surface area contributed by atoms with Crippen LogP contribution in [0.1, 0.15) is 16.7 Å². The lowest BCUT2D eigenvalue weighted by Gasteiger charge is -2.07. The van der Waals surface area contributed by atoms with E-state index >= 15 is 0 Å². The molecule has 24 heavy (non-hydrogen) atoms. The van der Waals surface area contributed by atoms with E-state index in [1.807, 2.05) is 25.1 Å². The minimum atomic E-state index is -4.33. The van der Waals surface area contributed by atoms with Crippen LogP contribution in [0.3, 0.4) is 0 Å². The molecule has 1 aromatic heterocycles. The first-order valence-corrected chi connectivity index (χ1v) is 7.39. The maximum absolute atomic E-state index is 12.6. The van der Waals surface area contributed by atoms with Gasteiger partial charge in [0.2, 0.25) is 0 Å². The lowest BCUT2D eigenvalue weighted by atomic mass is 10.1. The van der Waals surface area contributed by atoms with E-state index in [9.17, 15) is 13.2 Å². The lowest BCUT2D eigenvalue weighted by Crippen LogP contribution is -2.04. The van der Waals surface area contributed by atoms with Crippen LogP contribution >= 0.6 is 0 Å². The van der Waals surface area contributed by atoms with E-state index in [4.69, 9.17) is 5.73 Å². The van der Waals surface area contributed by atoms with Gasteiger partial charge in [-0.2, -0.15) is 18.3 Å². The summed E-state index contributed by atoms with van der Waals surface area (Å²) in [7, 11) is 0. The highest BCUT2D eigenvalue weighted by atomic mass is 19.4. The van der Waals surface area contributed by atoms with Gasteiger partial charge in [-0.05, 0) is 42.3 Å². The van der Waals surface area contributed by atoms with Crippen LogP contribution in [0, 0.1) is 6.92 Å². The second-order valence-electron chi connectivity index (χ2n) is 5.66. The summed E-state index contributed by atoms with van der Waals surface area (Å²) in [4.78, 5) is 0. The fourth-order valence-corrected chi connectivity index (χ4v) is 2.46. The van der Waals surface area contributed by atoms with Gasteiger partial charge in [-0.3, -0.25) is 4.68 Å². The van der Waals surface area contributed by atoms with Gasteiger partial charge in [0.25, 0.3) is 0 Å². The highest BCUT2D eigenvalue weighted by Gasteiger charge is 2.30. The molecular formula is C18H16F3N3. The van der Waals surface area contributed by atoms with Crippen molar-refractivity contribution in [3.63, 3.8) is 0 Å². The van der Waals surface area contributed by atoms with Gasteiger partial charge < -0.3 is 5.73 Å². The molecule has 6 heteroatoms. The molecule has 0 radical (unpaired) electrons. The number of nitrogens with two attached hydrogens (primary N) is 1. The summed E-state index contributed by atoms with van der Waals surface area (Å²) in [5.41, 5.74) is 9.22. The van der Waals surface area contributed by atoms with E-state index in [0.717, 1.165) is 28.9 Å². The Labute approximate surface area is 137 Å². The van der Waals surface area contributed by atoms with Gasteiger partial charge in [0.15, 0.2) is 0 Å². The third-order valence-electron chi connectivity index (χ3n) is 3.83. The molecule has 0 aliphatic heterocycles. The number of nitrogens with zero attached hydrogens (tertiary/aromatic N) is 2. The highest BCUT2D eigenvalue weighted by molar-refractivity contribution is 5.59. The number of benzene rings is 2. The summed E-state index contributed by atoms with van der Waals surface area (Å²) < 4.78 is 39.6. The van der Waals surface area contributed by atoms with E-state index in [1.165, 1.54) is 12.1 Å². The minimum absolute atomic E-state index is 0.571. The predicted octanol–water partition coefficient (Wildman–Crippen LogP) is 4.51. The van der Waals surface area contributed by atoms with Gasteiger partial charge in [0.1, 0.15) is 0 Å². The molecule has 2 aromatic carbocycles. The molecule has 3 aromatic rings. The Hall–Kier alpha value is -2.76. The maximum Gasteiger partial charge on any atom is 0.416 e. The molecule has 0 bridgehead atoms. The van der Waals surface area contributed by atoms with Crippen molar-refractivity contribution in [2.24, 2.45) is 0 Å². The average Bonchev–Trinajstić information content (AvgIpc) is 2.99. The second kappa shape index (κ2) is 6.03. The molecule has 124 valence electrons. The minimum Gasteiger partial charge on any atom is -0.399 e. The Balaban J connectivity index is 1.79. The second-order valence-corrected chi connectivity index (χ2v) is 5.66. The quantitative estimate of drug-likeness (QED) is 0.718. The number of aromatic nitrogens is 2. The smallest absolute Gasteiger partial charge is 0.399 e. The molecule has 0 saturated heterocycles. The van der Waals surface area contributed by atoms with Crippen molar-refractivity contribution in [3.8, 4) is 11.3 Å². The van der Waals surface area contributed by atoms with E-state index < -0.39 is 11.7 Å². The van der Waals surface area contributed by atoms with Gasteiger partial charge in [-0.1, -0.05) is 24.3 Å². The molecule has 0 aliphatic rings. The standard InChI is InChI=1S/C18H16F3N3/c1-12-10-13(2-7-16(12)22)11-24-9-8-17(23-24)14-3-5-15(6-4-14)18(19,20)21/h2-10H,11,22H2,1H3. The molecule has 0 spiro atoms.